The number of piperidine rings is 1. The van der Waals surface area contributed by atoms with Crippen molar-refractivity contribution in [2.24, 2.45) is 5.92 Å². The van der Waals surface area contributed by atoms with E-state index in [9.17, 15) is 9.59 Å². The first-order valence-corrected chi connectivity index (χ1v) is 6.29. The van der Waals surface area contributed by atoms with Crippen molar-refractivity contribution < 1.29 is 9.59 Å². The van der Waals surface area contributed by atoms with Gasteiger partial charge in [-0.2, -0.15) is 0 Å². The molecule has 1 aliphatic rings. The van der Waals surface area contributed by atoms with Gasteiger partial charge in [0.1, 0.15) is 0 Å². The Kier molecular flexibility index (Phi) is 4.10. The minimum absolute atomic E-state index is 0.00503. The van der Waals surface area contributed by atoms with E-state index in [1.807, 2.05) is 0 Å². The Hall–Kier alpha value is -1.68. The molecule has 1 amide bonds. The van der Waals surface area contributed by atoms with E-state index < -0.39 is 0 Å². The first-order valence-electron chi connectivity index (χ1n) is 6.29. The number of rotatable bonds is 3. The van der Waals surface area contributed by atoms with E-state index in [4.69, 9.17) is 0 Å². The summed E-state index contributed by atoms with van der Waals surface area (Å²) in [4.78, 5) is 23.3. The van der Waals surface area contributed by atoms with Gasteiger partial charge in [-0.1, -0.05) is 12.1 Å². The van der Waals surface area contributed by atoms with Crippen LogP contribution in [0.25, 0.3) is 0 Å². The van der Waals surface area contributed by atoms with Gasteiger partial charge in [0.15, 0.2) is 5.78 Å². The third-order valence-corrected chi connectivity index (χ3v) is 3.20. The van der Waals surface area contributed by atoms with Gasteiger partial charge in [-0.05, 0) is 38.4 Å². The third kappa shape index (κ3) is 3.17. The summed E-state index contributed by atoms with van der Waals surface area (Å²) >= 11 is 0. The molecule has 2 N–H and O–H groups in total. The Morgan fingerprint density at radius 2 is 2.22 bits per heavy atom. The predicted molar refractivity (Wildman–Crippen MR) is 70.7 cm³/mol. The molecule has 0 radical (unpaired) electrons. The van der Waals surface area contributed by atoms with Crippen molar-refractivity contribution in [3.05, 3.63) is 29.8 Å². The summed E-state index contributed by atoms with van der Waals surface area (Å²) in [6, 6.07) is 7.06. The molecule has 0 saturated carbocycles. The maximum absolute atomic E-state index is 12.0. The molecule has 0 unspecified atom stereocenters. The lowest BCUT2D eigenvalue weighted by atomic mass is 9.98. The van der Waals surface area contributed by atoms with Crippen molar-refractivity contribution >= 4 is 17.4 Å². The number of hydrogen-bond acceptors (Lipinski definition) is 3. The summed E-state index contributed by atoms with van der Waals surface area (Å²) in [5.74, 6) is 0.0630. The zero-order chi connectivity index (χ0) is 13.0. The van der Waals surface area contributed by atoms with Gasteiger partial charge in [-0.15, -0.1) is 0 Å². The van der Waals surface area contributed by atoms with Crippen LogP contribution in [-0.2, 0) is 4.79 Å². The van der Waals surface area contributed by atoms with E-state index in [1.54, 1.807) is 24.3 Å². The number of anilines is 1. The number of carbonyl (C=O) groups is 2. The number of ketones is 1. The molecule has 18 heavy (non-hydrogen) atoms. The highest BCUT2D eigenvalue weighted by atomic mass is 16.2. The highest BCUT2D eigenvalue weighted by molar-refractivity contribution is 5.97. The highest BCUT2D eigenvalue weighted by Gasteiger charge is 2.20. The fourth-order valence-electron chi connectivity index (χ4n) is 2.14. The van der Waals surface area contributed by atoms with Crippen molar-refractivity contribution in [1.29, 1.82) is 0 Å². The number of benzene rings is 1. The SMILES string of the molecule is CC(=O)c1cccc(NC(=O)[C@@H]2CCCNC2)c1. The minimum Gasteiger partial charge on any atom is -0.326 e. The van der Waals surface area contributed by atoms with Crippen LogP contribution in [0.2, 0.25) is 0 Å². The van der Waals surface area contributed by atoms with Crippen LogP contribution in [0, 0.1) is 5.92 Å². The summed E-state index contributed by atoms with van der Waals surface area (Å²) in [5, 5.41) is 6.09. The molecular formula is C14H18N2O2. The maximum atomic E-state index is 12.0. The van der Waals surface area contributed by atoms with E-state index in [0.29, 0.717) is 11.3 Å². The summed E-state index contributed by atoms with van der Waals surface area (Å²) in [6.45, 7) is 3.24. The van der Waals surface area contributed by atoms with E-state index in [0.717, 1.165) is 25.9 Å². The van der Waals surface area contributed by atoms with Crippen molar-refractivity contribution in [1.82, 2.24) is 5.32 Å². The van der Waals surface area contributed by atoms with Gasteiger partial charge in [0.05, 0.1) is 5.92 Å². The summed E-state index contributed by atoms with van der Waals surface area (Å²) in [6.07, 6.45) is 1.96. The lowest BCUT2D eigenvalue weighted by Crippen LogP contribution is -2.37. The highest BCUT2D eigenvalue weighted by Crippen LogP contribution is 2.15. The quantitative estimate of drug-likeness (QED) is 0.800. The van der Waals surface area contributed by atoms with E-state index in [-0.39, 0.29) is 17.6 Å². The number of amides is 1. The van der Waals surface area contributed by atoms with Gasteiger partial charge in [0, 0.05) is 17.8 Å². The minimum atomic E-state index is 0.00503. The maximum Gasteiger partial charge on any atom is 0.228 e. The average molecular weight is 246 g/mol. The second-order valence-electron chi connectivity index (χ2n) is 4.67. The van der Waals surface area contributed by atoms with Crippen molar-refractivity contribution in [3.8, 4) is 0 Å². The van der Waals surface area contributed by atoms with Gasteiger partial charge in [-0.3, -0.25) is 9.59 Å². The number of Topliss-reactive ketones (excluding diaryl/α,β-unsaturated/α-hetero) is 1. The first-order chi connectivity index (χ1) is 8.66. The van der Waals surface area contributed by atoms with Gasteiger partial charge >= 0.3 is 0 Å². The molecule has 96 valence electrons. The van der Waals surface area contributed by atoms with Gasteiger partial charge in [0.2, 0.25) is 5.91 Å². The molecule has 0 spiro atoms. The predicted octanol–water partition coefficient (Wildman–Crippen LogP) is 1.83. The molecule has 0 aromatic heterocycles. The van der Waals surface area contributed by atoms with Crippen LogP contribution < -0.4 is 10.6 Å². The van der Waals surface area contributed by atoms with Crippen LogP contribution in [0.4, 0.5) is 5.69 Å². The molecule has 0 bridgehead atoms. The fraction of sp³-hybridized carbons (Fsp3) is 0.429. The Morgan fingerprint density at radius 1 is 1.39 bits per heavy atom. The van der Waals surface area contributed by atoms with Gasteiger partial charge in [-0.25, -0.2) is 0 Å². The molecule has 2 rings (SSSR count). The van der Waals surface area contributed by atoms with Crippen LogP contribution in [0.15, 0.2) is 24.3 Å². The second-order valence-corrected chi connectivity index (χ2v) is 4.67. The number of carbonyl (C=O) groups excluding carboxylic acids is 2. The summed E-state index contributed by atoms with van der Waals surface area (Å²) in [5.41, 5.74) is 1.31. The molecule has 4 nitrogen and oxygen atoms in total. The van der Waals surface area contributed by atoms with E-state index in [2.05, 4.69) is 10.6 Å². The van der Waals surface area contributed by atoms with Crippen LogP contribution in [-0.4, -0.2) is 24.8 Å². The number of hydrogen-bond donors (Lipinski definition) is 2. The Bertz CT molecular complexity index is 451. The van der Waals surface area contributed by atoms with Crippen LogP contribution in [0.5, 0.6) is 0 Å². The molecule has 1 aliphatic heterocycles. The fourth-order valence-corrected chi connectivity index (χ4v) is 2.14. The van der Waals surface area contributed by atoms with Crippen molar-refractivity contribution in [3.63, 3.8) is 0 Å². The van der Waals surface area contributed by atoms with Crippen LogP contribution >= 0.6 is 0 Å². The first kappa shape index (κ1) is 12.8. The molecule has 4 heteroatoms. The molecule has 1 heterocycles. The van der Waals surface area contributed by atoms with Gasteiger partial charge < -0.3 is 10.6 Å². The van der Waals surface area contributed by atoms with Gasteiger partial charge in [0.25, 0.3) is 0 Å². The molecule has 0 aliphatic carbocycles. The van der Waals surface area contributed by atoms with E-state index >= 15 is 0 Å². The van der Waals surface area contributed by atoms with Crippen molar-refractivity contribution in [2.75, 3.05) is 18.4 Å². The summed E-state index contributed by atoms with van der Waals surface area (Å²) < 4.78 is 0. The molecule has 1 fully saturated rings. The average Bonchev–Trinajstić information content (AvgIpc) is 2.40. The largest absolute Gasteiger partial charge is 0.326 e. The van der Waals surface area contributed by atoms with E-state index in [1.165, 1.54) is 6.92 Å². The molecular weight excluding hydrogens is 228 g/mol. The van der Waals surface area contributed by atoms with Crippen LogP contribution in [0.3, 0.4) is 0 Å². The normalized spacial score (nSPS) is 19.3. The number of nitrogens with one attached hydrogen (secondary N) is 2. The topological polar surface area (TPSA) is 58.2 Å². The molecule has 1 saturated heterocycles. The smallest absolute Gasteiger partial charge is 0.228 e. The molecule has 1 aromatic carbocycles. The lowest BCUT2D eigenvalue weighted by Gasteiger charge is -2.21. The summed E-state index contributed by atoms with van der Waals surface area (Å²) in [7, 11) is 0. The Balaban J connectivity index is 2.02. The second kappa shape index (κ2) is 5.78. The lowest BCUT2D eigenvalue weighted by molar-refractivity contribution is -0.120. The van der Waals surface area contributed by atoms with Crippen molar-refractivity contribution in [2.45, 2.75) is 19.8 Å². The Labute approximate surface area is 107 Å². The molecule has 1 aromatic rings. The zero-order valence-electron chi connectivity index (χ0n) is 10.5. The third-order valence-electron chi connectivity index (χ3n) is 3.20. The zero-order valence-corrected chi connectivity index (χ0v) is 10.5. The van der Waals surface area contributed by atoms with Crippen LogP contribution in [0.1, 0.15) is 30.1 Å². The Morgan fingerprint density at radius 3 is 2.89 bits per heavy atom. The standard InChI is InChI=1S/C14H18N2O2/c1-10(17)11-4-2-6-13(8-11)16-14(18)12-5-3-7-15-9-12/h2,4,6,8,12,15H,3,5,7,9H2,1H3,(H,16,18)/t12-/m1/s1. The monoisotopic (exact) mass is 246 g/mol. The molecule has 1 atom stereocenters.